The second-order valence-corrected chi connectivity index (χ2v) is 7.41. The Morgan fingerprint density at radius 1 is 0.903 bits per heavy atom. The van der Waals surface area contributed by atoms with Crippen molar-refractivity contribution in [3.05, 3.63) is 97.1 Å². The van der Waals surface area contributed by atoms with Gasteiger partial charge in [0.25, 0.3) is 5.56 Å². The Morgan fingerprint density at radius 3 is 2.19 bits per heavy atom. The number of amidine groups is 1. The lowest BCUT2D eigenvalue weighted by atomic mass is 9.96. The van der Waals surface area contributed by atoms with E-state index in [1.54, 1.807) is 48.5 Å². The highest BCUT2D eigenvalue weighted by molar-refractivity contribution is 6.30. The third-order valence-corrected chi connectivity index (χ3v) is 5.34. The van der Waals surface area contributed by atoms with Crippen LogP contribution in [0.2, 0.25) is 5.02 Å². The van der Waals surface area contributed by atoms with E-state index < -0.39 is 23.2 Å². The van der Waals surface area contributed by atoms with E-state index in [0.29, 0.717) is 16.1 Å². The van der Waals surface area contributed by atoms with Crippen LogP contribution in [-0.4, -0.2) is 36.1 Å². The zero-order valence-electron chi connectivity index (χ0n) is 16.6. The van der Waals surface area contributed by atoms with Crippen molar-refractivity contribution in [2.45, 2.75) is 6.04 Å². The summed E-state index contributed by atoms with van der Waals surface area (Å²) in [5.74, 6) is -0.519. The fourth-order valence-electron chi connectivity index (χ4n) is 3.41. The molecule has 0 amide bonds. The number of halogens is 1. The molecule has 0 fully saturated rings. The van der Waals surface area contributed by atoms with Crippen molar-refractivity contribution >= 4 is 23.1 Å². The minimum absolute atomic E-state index is 0.0525. The SMILES string of the molecule is Cn1c(O)c(C2C(c3ccccc3)=NN=C(c3ccc(Cl)cc3)N2O)c(=O)n(C)c1=O. The van der Waals surface area contributed by atoms with E-state index >= 15 is 0 Å². The average molecular weight is 440 g/mol. The van der Waals surface area contributed by atoms with Gasteiger partial charge in [0.15, 0.2) is 5.84 Å². The van der Waals surface area contributed by atoms with Crippen molar-refractivity contribution in [2.75, 3.05) is 0 Å². The van der Waals surface area contributed by atoms with Crippen LogP contribution in [0.4, 0.5) is 0 Å². The number of nitrogens with zero attached hydrogens (tertiary/aromatic N) is 5. The van der Waals surface area contributed by atoms with Gasteiger partial charge in [-0.15, -0.1) is 5.10 Å². The highest BCUT2D eigenvalue weighted by Crippen LogP contribution is 2.32. The Morgan fingerprint density at radius 2 is 1.55 bits per heavy atom. The molecular formula is C21H18ClN5O4. The summed E-state index contributed by atoms with van der Waals surface area (Å²) in [5.41, 5.74) is -0.362. The van der Waals surface area contributed by atoms with E-state index in [1.807, 2.05) is 6.07 Å². The highest BCUT2D eigenvalue weighted by Gasteiger charge is 2.38. The van der Waals surface area contributed by atoms with Crippen LogP contribution in [0.25, 0.3) is 0 Å². The Bertz CT molecular complexity index is 1330. The Kier molecular flexibility index (Phi) is 5.22. The predicted octanol–water partition coefficient (Wildman–Crippen LogP) is 2.04. The average Bonchev–Trinajstić information content (AvgIpc) is 2.79. The van der Waals surface area contributed by atoms with Crippen molar-refractivity contribution in [2.24, 2.45) is 24.3 Å². The van der Waals surface area contributed by atoms with Crippen molar-refractivity contribution < 1.29 is 10.3 Å². The van der Waals surface area contributed by atoms with Crippen LogP contribution in [0.15, 0.2) is 74.4 Å². The van der Waals surface area contributed by atoms with Gasteiger partial charge in [-0.05, 0) is 24.3 Å². The van der Waals surface area contributed by atoms with E-state index in [1.165, 1.54) is 14.1 Å². The monoisotopic (exact) mass is 439 g/mol. The topological polar surface area (TPSA) is 112 Å². The summed E-state index contributed by atoms with van der Waals surface area (Å²) >= 11 is 5.95. The number of hydrogen-bond acceptors (Lipinski definition) is 7. The number of rotatable bonds is 3. The maximum atomic E-state index is 13.0. The minimum atomic E-state index is -1.23. The molecule has 158 valence electrons. The van der Waals surface area contributed by atoms with Crippen LogP contribution < -0.4 is 11.2 Å². The largest absolute Gasteiger partial charge is 0.494 e. The molecule has 31 heavy (non-hydrogen) atoms. The third kappa shape index (κ3) is 3.43. The summed E-state index contributed by atoms with van der Waals surface area (Å²) in [6.07, 6.45) is 0. The van der Waals surface area contributed by atoms with Crippen molar-refractivity contribution in [1.82, 2.24) is 14.2 Å². The number of aromatic hydroxyl groups is 1. The molecule has 10 heteroatoms. The van der Waals surface area contributed by atoms with Crippen LogP contribution in [0.5, 0.6) is 5.88 Å². The first-order chi connectivity index (χ1) is 14.8. The maximum absolute atomic E-state index is 13.0. The number of hydroxylamine groups is 2. The summed E-state index contributed by atoms with van der Waals surface area (Å²) in [5, 5.41) is 31.6. The van der Waals surface area contributed by atoms with Gasteiger partial charge in [0.2, 0.25) is 5.88 Å². The van der Waals surface area contributed by atoms with Crippen LogP contribution in [0.3, 0.4) is 0 Å². The molecule has 0 aliphatic carbocycles. The molecule has 2 N–H and O–H groups in total. The van der Waals surface area contributed by atoms with Gasteiger partial charge in [-0.2, -0.15) is 5.10 Å². The van der Waals surface area contributed by atoms with Gasteiger partial charge >= 0.3 is 5.69 Å². The lowest BCUT2D eigenvalue weighted by molar-refractivity contribution is -0.0360. The first-order valence-electron chi connectivity index (χ1n) is 9.25. The fourth-order valence-corrected chi connectivity index (χ4v) is 3.54. The third-order valence-electron chi connectivity index (χ3n) is 5.09. The number of benzene rings is 2. The smallest absolute Gasteiger partial charge is 0.333 e. The minimum Gasteiger partial charge on any atom is -0.494 e. The molecular weight excluding hydrogens is 422 g/mol. The van der Waals surface area contributed by atoms with Crippen LogP contribution in [-0.2, 0) is 14.1 Å². The standard InChI is InChI=1S/C21H18ClN5O4/c1-25-19(28)15(20(29)26(2)21(25)30)17-16(12-6-4-3-5-7-12)23-24-18(27(17)31)13-8-10-14(22)11-9-13/h3-11,17,28,31H,1-2H3. The first kappa shape index (κ1) is 20.6. The van der Waals surface area contributed by atoms with Crippen molar-refractivity contribution in [3.63, 3.8) is 0 Å². The number of hydrogen-bond donors (Lipinski definition) is 2. The lowest BCUT2D eigenvalue weighted by Crippen LogP contribution is -2.46. The van der Waals surface area contributed by atoms with Gasteiger partial charge in [-0.3, -0.25) is 19.1 Å². The van der Waals surface area contributed by atoms with Crippen molar-refractivity contribution in [3.8, 4) is 5.88 Å². The van der Waals surface area contributed by atoms with Gasteiger partial charge < -0.3 is 5.11 Å². The van der Waals surface area contributed by atoms with Gasteiger partial charge in [0.1, 0.15) is 17.3 Å². The summed E-state index contributed by atoms with van der Waals surface area (Å²) in [7, 11) is 2.63. The molecule has 3 aromatic rings. The maximum Gasteiger partial charge on any atom is 0.333 e. The summed E-state index contributed by atoms with van der Waals surface area (Å²) in [6.45, 7) is 0. The van der Waals surface area contributed by atoms with Gasteiger partial charge in [-0.1, -0.05) is 41.9 Å². The first-order valence-corrected chi connectivity index (χ1v) is 9.63. The molecule has 2 heterocycles. The Labute approximate surface area is 181 Å². The van der Waals surface area contributed by atoms with Crippen LogP contribution >= 0.6 is 11.6 Å². The normalized spacial score (nSPS) is 16.1. The van der Waals surface area contributed by atoms with Crippen molar-refractivity contribution in [1.29, 1.82) is 0 Å². The zero-order valence-corrected chi connectivity index (χ0v) is 17.4. The molecule has 0 saturated carbocycles. The molecule has 1 atom stereocenters. The van der Waals surface area contributed by atoms with E-state index in [9.17, 15) is 19.9 Å². The number of aromatic nitrogens is 2. The molecule has 1 aromatic heterocycles. The van der Waals surface area contributed by atoms with Gasteiger partial charge in [0.05, 0.1) is 0 Å². The van der Waals surface area contributed by atoms with Crippen LogP contribution in [0.1, 0.15) is 22.7 Å². The zero-order chi connectivity index (χ0) is 22.3. The van der Waals surface area contributed by atoms with Crippen LogP contribution in [0, 0.1) is 0 Å². The molecule has 0 radical (unpaired) electrons. The van der Waals surface area contributed by atoms with E-state index in [2.05, 4.69) is 10.2 Å². The molecule has 4 rings (SSSR count). The molecule has 2 aromatic carbocycles. The molecule has 1 aliphatic rings. The highest BCUT2D eigenvalue weighted by atomic mass is 35.5. The molecule has 0 saturated heterocycles. The lowest BCUT2D eigenvalue weighted by Gasteiger charge is -2.32. The Balaban J connectivity index is 1.98. The quantitative estimate of drug-likeness (QED) is 0.648. The second-order valence-electron chi connectivity index (χ2n) is 6.97. The van der Waals surface area contributed by atoms with E-state index in [-0.39, 0.29) is 17.1 Å². The molecule has 1 aliphatic heterocycles. The molecule has 0 bridgehead atoms. The fraction of sp³-hybridized carbons (Fsp3) is 0.143. The molecule has 9 nitrogen and oxygen atoms in total. The summed E-state index contributed by atoms with van der Waals surface area (Å²) < 4.78 is 1.79. The molecule has 1 unspecified atom stereocenters. The summed E-state index contributed by atoms with van der Waals surface area (Å²) in [4.78, 5) is 25.2. The van der Waals surface area contributed by atoms with E-state index in [4.69, 9.17) is 11.6 Å². The van der Waals surface area contributed by atoms with Gasteiger partial charge in [-0.25, -0.2) is 9.86 Å². The predicted molar refractivity (Wildman–Crippen MR) is 116 cm³/mol. The Hall–Kier alpha value is -3.69. The summed E-state index contributed by atoms with van der Waals surface area (Å²) in [6, 6.07) is 14.1. The van der Waals surface area contributed by atoms with E-state index in [0.717, 1.165) is 14.2 Å². The van der Waals surface area contributed by atoms with Gasteiger partial charge in [0, 0.05) is 30.2 Å². The molecule has 0 spiro atoms. The second kappa shape index (κ2) is 7.86.